The Morgan fingerprint density at radius 3 is 2.77 bits per heavy atom. The maximum atomic E-state index is 12.6. The second kappa shape index (κ2) is 7.55. The van der Waals surface area contributed by atoms with E-state index in [1.807, 2.05) is 13.8 Å². The number of aryl methyl sites for hydroxylation is 1. The lowest BCUT2D eigenvalue weighted by Crippen LogP contribution is -2.35. The Morgan fingerprint density at radius 1 is 1.59 bits per heavy atom. The number of nitrogens with zero attached hydrogens (tertiary/aromatic N) is 3. The SMILES string of the molecule is CCCc1[nH]nc(C(=O)N2CC(CN)CC2C)c1[N+](=O)[O-].Cl. The minimum absolute atomic E-state index is 0. The van der Waals surface area contributed by atoms with Crippen LogP contribution in [0.25, 0.3) is 0 Å². The molecular weight excluding hydrogens is 310 g/mol. The van der Waals surface area contributed by atoms with Crippen LogP contribution in [0.15, 0.2) is 0 Å². The van der Waals surface area contributed by atoms with E-state index in [9.17, 15) is 14.9 Å². The first kappa shape index (κ1) is 18.4. The first-order valence-corrected chi connectivity index (χ1v) is 7.22. The fourth-order valence-electron chi connectivity index (χ4n) is 2.87. The third-order valence-corrected chi connectivity index (χ3v) is 3.95. The lowest BCUT2D eigenvalue weighted by molar-refractivity contribution is -0.385. The molecule has 1 saturated heterocycles. The molecular formula is C13H22ClN5O3. The highest BCUT2D eigenvalue weighted by Gasteiger charge is 2.37. The number of nitrogens with two attached hydrogens (primary N) is 1. The molecule has 1 aromatic heterocycles. The molecule has 0 saturated carbocycles. The monoisotopic (exact) mass is 331 g/mol. The molecule has 0 radical (unpaired) electrons. The third kappa shape index (κ3) is 3.38. The Kier molecular flexibility index (Phi) is 6.31. The van der Waals surface area contributed by atoms with E-state index < -0.39 is 4.92 Å². The van der Waals surface area contributed by atoms with Gasteiger partial charge in [-0.3, -0.25) is 20.0 Å². The number of likely N-dealkylation sites (tertiary alicyclic amines) is 1. The molecule has 2 atom stereocenters. The molecule has 0 bridgehead atoms. The van der Waals surface area contributed by atoms with Gasteiger partial charge in [-0.15, -0.1) is 12.4 Å². The molecule has 3 N–H and O–H groups in total. The average molecular weight is 332 g/mol. The number of nitro groups is 1. The molecule has 8 nitrogen and oxygen atoms in total. The van der Waals surface area contributed by atoms with Gasteiger partial charge in [0, 0.05) is 12.6 Å². The largest absolute Gasteiger partial charge is 0.334 e. The van der Waals surface area contributed by atoms with Crippen LogP contribution < -0.4 is 5.73 Å². The molecule has 1 aromatic rings. The van der Waals surface area contributed by atoms with Crippen molar-refractivity contribution in [2.24, 2.45) is 11.7 Å². The molecule has 0 spiro atoms. The number of rotatable bonds is 5. The summed E-state index contributed by atoms with van der Waals surface area (Å²) in [6.45, 7) is 4.89. The standard InChI is InChI=1S/C13H21N5O3.ClH/c1-3-4-10-12(18(20)21)11(16-15-10)13(19)17-7-9(6-14)5-8(17)2;/h8-9H,3-7,14H2,1-2H3,(H,15,16);1H. The van der Waals surface area contributed by atoms with E-state index in [-0.39, 0.29) is 41.7 Å². The number of carbonyl (C=O) groups is 1. The molecule has 0 aromatic carbocycles. The fourth-order valence-corrected chi connectivity index (χ4v) is 2.87. The van der Waals surface area contributed by atoms with Gasteiger partial charge in [-0.2, -0.15) is 5.10 Å². The zero-order valence-electron chi connectivity index (χ0n) is 12.7. The van der Waals surface area contributed by atoms with E-state index in [4.69, 9.17) is 5.73 Å². The van der Waals surface area contributed by atoms with E-state index in [2.05, 4.69) is 10.2 Å². The zero-order valence-corrected chi connectivity index (χ0v) is 13.6. The topological polar surface area (TPSA) is 118 Å². The molecule has 1 aliphatic rings. The Morgan fingerprint density at radius 2 is 2.27 bits per heavy atom. The van der Waals surface area contributed by atoms with Gasteiger partial charge in [0.05, 0.1) is 4.92 Å². The van der Waals surface area contributed by atoms with Gasteiger partial charge in [-0.05, 0) is 32.2 Å². The maximum absolute atomic E-state index is 12.6. The molecule has 1 aliphatic heterocycles. The highest BCUT2D eigenvalue weighted by molar-refractivity contribution is 5.97. The normalized spacial score (nSPS) is 20.8. The van der Waals surface area contributed by atoms with Crippen LogP contribution in [0.4, 0.5) is 5.69 Å². The summed E-state index contributed by atoms with van der Waals surface area (Å²) in [7, 11) is 0. The van der Waals surface area contributed by atoms with Crippen LogP contribution in [-0.2, 0) is 6.42 Å². The molecule has 22 heavy (non-hydrogen) atoms. The number of aromatic nitrogens is 2. The molecule has 2 heterocycles. The summed E-state index contributed by atoms with van der Waals surface area (Å²) >= 11 is 0. The molecule has 9 heteroatoms. The van der Waals surface area contributed by atoms with Crippen molar-refractivity contribution >= 4 is 24.0 Å². The Labute approximate surface area is 135 Å². The number of nitrogens with one attached hydrogen (secondary N) is 1. The van der Waals surface area contributed by atoms with Crippen molar-refractivity contribution in [2.45, 2.75) is 39.2 Å². The van der Waals surface area contributed by atoms with Crippen molar-refractivity contribution in [3.63, 3.8) is 0 Å². The maximum Gasteiger partial charge on any atom is 0.322 e. The second-order valence-corrected chi connectivity index (χ2v) is 5.55. The average Bonchev–Trinajstić information content (AvgIpc) is 3.02. The quantitative estimate of drug-likeness (QED) is 0.626. The van der Waals surface area contributed by atoms with Crippen molar-refractivity contribution in [1.29, 1.82) is 0 Å². The third-order valence-electron chi connectivity index (χ3n) is 3.95. The van der Waals surface area contributed by atoms with E-state index in [0.29, 0.717) is 25.2 Å². The number of amides is 1. The summed E-state index contributed by atoms with van der Waals surface area (Å²) < 4.78 is 0. The van der Waals surface area contributed by atoms with Gasteiger partial charge < -0.3 is 10.6 Å². The number of hydrogen-bond donors (Lipinski definition) is 2. The van der Waals surface area contributed by atoms with E-state index in [1.165, 1.54) is 0 Å². The molecule has 2 unspecified atom stereocenters. The predicted octanol–water partition coefficient (Wildman–Crippen LogP) is 1.50. The lowest BCUT2D eigenvalue weighted by Gasteiger charge is -2.19. The molecule has 2 rings (SSSR count). The number of halogens is 1. The summed E-state index contributed by atoms with van der Waals surface area (Å²) in [6, 6.07) is 0.0250. The van der Waals surface area contributed by atoms with E-state index >= 15 is 0 Å². The highest BCUT2D eigenvalue weighted by Crippen LogP contribution is 2.28. The summed E-state index contributed by atoms with van der Waals surface area (Å²) in [4.78, 5) is 24.9. The molecule has 1 fully saturated rings. The Hall–Kier alpha value is -1.67. The van der Waals surface area contributed by atoms with E-state index in [0.717, 1.165) is 12.8 Å². The van der Waals surface area contributed by atoms with Gasteiger partial charge in [-0.1, -0.05) is 13.3 Å². The highest BCUT2D eigenvalue weighted by atomic mass is 35.5. The Balaban J connectivity index is 0.00000242. The van der Waals surface area contributed by atoms with Crippen LogP contribution in [0.1, 0.15) is 42.9 Å². The number of hydrogen-bond acceptors (Lipinski definition) is 5. The van der Waals surface area contributed by atoms with Crippen LogP contribution in [0.5, 0.6) is 0 Å². The van der Waals surface area contributed by atoms with E-state index in [1.54, 1.807) is 4.90 Å². The minimum Gasteiger partial charge on any atom is -0.334 e. The number of aromatic amines is 1. The summed E-state index contributed by atoms with van der Waals surface area (Å²) in [5, 5.41) is 17.8. The predicted molar refractivity (Wildman–Crippen MR) is 84.1 cm³/mol. The van der Waals surface area contributed by atoms with Crippen LogP contribution in [0.2, 0.25) is 0 Å². The number of carbonyl (C=O) groups excluding carboxylic acids is 1. The minimum atomic E-state index is -0.525. The van der Waals surface area contributed by atoms with Gasteiger partial charge in [-0.25, -0.2) is 0 Å². The molecule has 1 amide bonds. The van der Waals surface area contributed by atoms with Crippen molar-refractivity contribution in [3.8, 4) is 0 Å². The summed E-state index contributed by atoms with van der Waals surface area (Å²) in [5.74, 6) is -0.138. The van der Waals surface area contributed by atoms with Crippen molar-refractivity contribution < 1.29 is 9.72 Å². The van der Waals surface area contributed by atoms with Crippen LogP contribution in [0, 0.1) is 16.0 Å². The van der Waals surface area contributed by atoms with Crippen molar-refractivity contribution in [2.75, 3.05) is 13.1 Å². The first-order valence-electron chi connectivity index (χ1n) is 7.22. The van der Waals surface area contributed by atoms with Crippen molar-refractivity contribution in [3.05, 3.63) is 21.5 Å². The molecule has 124 valence electrons. The number of H-pyrrole nitrogens is 1. The summed E-state index contributed by atoms with van der Waals surface area (Å²) in [6.07, 6.45) is 2.06. The smallest absolute Gasteiger partial charge is 0.322 e. The van der Waals surface area contributed by atoms with Crippen LogP contribution >= 0.6 is 12.4 Å². The molecule has 0 aliphatic carbocycles. The van der Waals surface area contributed by atoms with Gasteiger partial charge in [0.2, 0.25) is 5.69 Å². The van der Waals surface area contributed by atoms with Crippen molar-refractivity contribution in [1.82, 2.24) is 15.1 Å². The van der Waals surface area contributed by atoms with Gasteiger partial charge in [0.15, 0.2) is 0 Å². The van der Waals surface area contributed by atoms with Crippen LogP contribution in [-0.4, -0.2) is 45.1 Å². The van der Waals surface area contributed by atoms with Gasteiger partial charge in [0.25, 0.3) is 5.91 Å². The fraction of sp³-hybridized carbons (Fsp3) is 0.692. The Bertz CT molecular complexity index is 548. The van der Waals surface area contributed by atoms with Gasteiger partial charge in [0.1, 0.15) is 5.69 Å². The second-order valence-electron chi connectivity index (χ2n) is 5.55. The lowest BCUT2D eigenvalue weighted by atomic mass is 10.1. The summed E-state index contributed by atoms with van der Waals surface area (Å²) in [5.41, 5.74) is 5.78. The van der Waals surface area contributed by atoms with Gasteiger partial charge >= 0.3 is 5.69 Å². The zero-order chi connectivity index (χ0) is 15.6. The first-order chi connectivity index (χ1) is 9.99. The van der Waals surface area contributed by atoms with Crippen LogP contribution in [0.3, 0.4) is 0 Å².